The summed E-state index contributed by atoms with van der Waals surface area (Å²) in [6.07, 6.45) is 1.87. The monoisotopic (exact) mass is 373 g/mol. The van der Waals surface area contributed by atoms with Gasteiger partial charge in [0, 0.05) is 50.0 Å². The zero-order valence-corrected chi connectivity index (χ0v) is 16.4. The lowest BCUT2D eigenvalue weighted by Crippen LogP contribution is -2.52. The summed E-state index contributed by atoms with van der Waals surface area (Å²) < 4.78 is 0. The molecule has 1 N–H and O–H groups in total. The summed E-state index contributed by atoms with van der Waals surface area (Å²) in [5.41, 5.74) is 2.32. The van der Waals surface area contributed by atoms with Gasteiger partial charge in [-0.05, 0) is 30.5 Å². The number of hydrogen-bond donors (Lipinski definition) is 1. The zero-order valence-electron chi connectivity index (χ0n) is 16.4. The van der Waals surface area contributed by atoms with E-state index in [0.717, 1.165) is 44.4 Å². The Bertz CT molecular complexity index is 925. The van der Waals surface area contributed by atoms with E-state index in [1.807, 2.05) is 6.20 Å². The Morgan fingerprint density at radius 1 is 0.964 bits per heavy atom. The summed E-state index contributed by atoms with van der Waals surface area (Å²) in [5, 5.41) is 5.85. The highest BCUT2D eigenvalue weighted by molar-refractivity contribution is 5.85. The Balaban J connectivity index is 1.47. The second-order valence-corrected chi connectivity index (χ2v) is 6.96. The Kier molecular flexibility index (Phi) is 5.71. The minimum atomic E-state index is 0.586. The number of piperazine rings is 1. The zero-order chi connectivity index (χ0) is 19.2. The summed E-state index contributed by atoms with van der Waals surface area (Å²) in [6.45, 7) is 7.49. The van der Waals surface area contributed by atoms with Crippen molar-refractivity contribution >= 4 is 22.4 Å². The van der Waals surface area contributed by atoms with Gasteiger partial charge in [0.15, 0.2) is 5.96 Å². The molecule has 2 aromatic carbocycles. The SMILES string of the molecule is CCNC(=NCc1nccc2ccccc12)N1CCN(c2ccccc2)CC1. The Labute approximate surface area is 166 Å². The highest BCUT2D eigenvalue weighted by Gasteiger charge is 2.19. The molecular formula is C23H27N5. The smallest absolute Gasteiger partial charge is 0.194 e. The largest absolute Gasteiger partial charge is 0.368 e. The molecule has 0 spiro atoms. The van der Waals surface area contributed by atoms with E-state index in [1.54, 1.807) is 0 Å². The van der Waals surface area contributed by atoms with Crippen LogP contribution >= 0.6 is 0 Å². The summed E-state index contributed by atoms with van der Waals surface area (Å²) in [5.74, 6) is 0.977. The third kappa shape index (κ3) is 4.09. The normalized spacial score (nSPS) is 15.1. The van der Waals surface area contributed by atoms with Crippen molar-refractivity contribution < 1.29 is 0 Å². The third-order valence-corrected chi connectivity index (χ3v) is 5.17. The van der Waals surface area contributed by atoms with E-state index < -0.39 is 0 Å². The molecule has 3 aromatic rings. The van der Waals surface area contributed by atoms with Crippen molar-refractivity contribution in [2.24, 2.45) is 4.99 Å². The predicted molar refractivity (Wildman–Crippen MR) is 117 cm³/mol. The molecule has 1 aliphatic rings. The molecule has 1 aromatic heterocycles. The summed E-state index contributed by atoms with van der Waals surface area (Å²) in [4.78, 5) is 14.3. The van der Waals surface area contributed by atoms with Crippen LogP contribution in [0, 0.1) is 0 Å². The molecule has 2 heterocycles. The molecule has 144 valence electrons. The van der Waals surface area contributed by atoms with Gasteiger partial charge in [-0.2, -0.15) is 0 Å². The predicted octanol–water partition coefficient (Wildman–Crippen LogP) is 3.52. The van der Waals surface area contributed by atoms with Gasteiger partial charge in [-0.1, -0.05) is 42.5 Å². The van der Waals surface area contributed by atoms with Crippen LogP contribution in [0.3, 0.4) is 0 Å². The van der Waals surface area contributed by atoms with Crippen molar-refractivity contribution in [3.05, 3.63) is 72.6 Å². The lowest BCUT2D eigenvalue weighted by atomic mass is 10.1. The van der Waals surface area contributed by atoms with Crippen molar-refractivity contribution in [2.45, 2.75) is 13.5 Å². The van der Waals surface area contributed by atoms with Crippen molar-refractivity contribution in [3.63, 3.8) is 0 Å². The van der Waals surface area contributed by atoms with Gasteiger partial charge in [0.1, 0.15) is 0 Å². The minimum absolute atomic E-state index is 0.586. The van der Waals surface area contributed by atoms with Crippen LogP contribution in [0.15, 0.2) is 71.9 Å². The first-order chi connectivity index (χ1) is 13.8. The van der Waals surface area contributed by atoms with Crippen molar-refractivity contribution in [2.75, 3.05) is 37.6 Å². The van der Waals surface area contributed by atoms with Crippen LogP contribution in [0.2, 0.25) is 0 Å². The lowest BCUT2D eigenvalue weighted by molar-refractivity contribution is 0.372. The number of guanidine groups is 1. The number of aromatic nitrogens is 1. The quantitative estimate of drug-likeness (QED) is 0.561. The number of rotatable bonds is 4. The average Bonchev–Trinajstić information content (AvgIpc) is 2.77. The Morgan fingerprint density at radius 2 is 1.71 bits per heavy atom. The van der Waals surface area contributed by atoms with Crippen molar-refractivity contribution in [3.8, 4) is 0 Å². The number of anilines is 1. The molecule has 5 nitrogen and oxygen atoms in total. The number of aliphatic imine (C=N–C) groups is 1. The maximum atomic E-state index is 4.91. The molecule has 1 saturated heterocycles. The molecule has 0 saturated carbocycles. The first-order valence-corrected chi connectivity index (χ1v) is 10.0. The number of fused-ring (bicyclic) bond motifs is 1. The van der Waals surface area contributed by atoms with Gasteiger partial charge in [-0.25, -0.2) is 4.99 Å². The standard InChI is InChI=1S/C23H27N5/c1-2-24-23(26-18-22-21-11-7-6-8-19(21)12-13-25-22)28-16-14-27(15-17-28)20-9-4-3-5-10-20/h3-13H,2,14-18H2,1H3,(H,24,26). The van der Waals surface area contributed by atoms with Crippen LogP contribution in [0.1, 0.15) is 12.6 Å². The van der Waals surface area contributed by atoms with Crippen LogP contribution in [-0.4, -0.2) is 48.6 Å². The first kappa shape index (κ1) is 18.3. The van der Waals surface area contributed by atoms with Crippen LogP contribution in [0.5, 0.6) is 0 Å². The number of nitrogens with one attached hydrogen (secondary N) is 1. The number of para-hydroxylation sites is 1. The van der Waals surface area contributed by atoms with E-state index in [9.17, 15) is 0 Å². The average molecular weight is 374 g/mol. The second-order valence-electron chi connectivity index (χ2n) is 6.96. The van der Waals surface area contributed by atoms with Gasteiger partial charge >= 0.3 is 0 Å². The van der Waals surface area contributed by atoms with Gasteiger partial charge in [0.05, 0.1) is 12.2 Å². The molecule has 28 heavy (non-hydrogen) atoms. The van der Waals surface area contributed by atoms with Crippen LogP contribution in [0.4, 0.5) is 5.69 Å². The van der Waals surface area contributed by atoms with Crippen LogP contribution < -0.4 is 10.2 Å². The van der Waals surface area contributed by atoms with E-state index in [0.29, 0.717) is 6.54 Å². The highest BCUT2D eigenvalue weighted by atomic mass is 15.3. The fourth-order valence-corrected chi connectivity index (χ4v) is 3.70. The summed E-state index contributed by atoms with van der Waals surface area (Å²) in [7, 11) is 0. The number of nitrogens with zero attached hydrogens (tertiary/aromatic N) is 4. The van der Waals surface area contributed by atoms with Crippen LogP contribution in [-0.2, 0) is 6.54 Å². The summed E-state index contributed by atoms with van der Waals surface area (Å²) in [6, 6.07) is 21.1. The molecule has 0 aliphatic carbocycles. The van der Waals surface area contributed by atoms with Crippen LogP contribution in [0.25, 0.3) is 10.8 Å². The van der Waals surface area contributed by atoms with E-state index in [4.69, 9.17) is 4.99 Å². The number of benzene rings is 2. The maximum Gasteiger partial charge on any atom is 0.194 e. The molecule has 1 aliphatic heterocycles. The molecule has 0 radical (unpaired) electrons. The lowest BCUT2D eigenvalue weighted by Gasteiger charge is -2.37. The van der Waals surface area contributed by atoms with E-state index >= 15 is 0 Å². The molecule has 0 bridgehead atoms. The van der Waals surface area contributed by atoms with Gasteiger partial charge in [0.2, 0.25) is 0 Å². The molecular weight excluding hydrogens is 346 g/mol. The third-order valence-electron chi connectivity index (χ3n) is 5.17. The fraction of sp³-hybridized carbons (Fsp3) is 0.304. The first-order valence-electron chi connectivity index (χ1n) is 10.0. The van der Waals surface area contributed by atoms with E-state index in [-0.39, 0.29) is 0 Å². The fourth-order valence-electron chi connectivity index (χ4n) is 3.70. The molecule has 0 atom stereocenters. The molecule has 5 heteroatoms. The molecule has 0 amide bonds. The van der Waals surface area contributed by atoms with Gasteiger partial charge in [-0.3, -0.25) is 4.98 Å². The van der Waals surface area contributed by atoms with Gasteiger partial charge in [-0.15, -0.1) is 0 Å². The van der Waals surface area contributed by atoms with Crippen molar-refractivity contribution in [1.82, 2.24) is 15.2 Å². The number of pyridine rings is 1. The Morgan fingerprint density at radius 3 is 2.50 bits per heavy atom. The molecule has 0 unspecified atom stereocenters. The van der Waals surface area contributed by atoms with E-state index in [2.05, 4.69) is 87.7 Å². The molecule has 4 rings (SSSR count). The topological polar surface area (TPSA) is 43.8 Å². The minimum Gasteiger partial charge on any atom is -0.368 e. The van der Waals surface area contributed by atoms with Gasteiger partial charge < -0.3 is 15.1 Å². The van der Waals surface area contributed by atoms with Crippen molar-refractivity contribution in [1.29, 1.82) is 0 Å². The maximum absolute atomic E-state index is 4.91. The molecule has 1 fully saturated rings. The Hall–Kier alpha value is -3.08. The number of hydrogen-bond acceptors (Lipinski definition) is 3. The highest BCUT2D eigenvalue weighted by Crippen LogP contribution is 2.18. The van der Waals surface area contributed by atoms with E-state index in [1.165, 1.54) is 16.5 Å². The summed E-state index contributed by atoms with van der Waals surface area (Å²) >= 11 is 0. The second kappa shape index (κ2) is 8.74. The van der Waals surface area contributed by atoms with Gasteiger partial charge in [0.25, 0.3) is 0 Å².